The van der Waals surface area contributed by atoms with E-state index in [1.165, 1.54) is 41.2 Å². The topological polar surface area (TPSA) is 97.1 Å². The zero-order chi connectivity index (χ0) is 31.2. The molecule has 3 aromatic heterocycles. The van der Waals surface area contributed by atoms with E-state index < -0.39 is 17.3 Å². The third-order valence-electron chi connectivity index (χ3n) is 7.84. The van der Waals surface area contributed by atoms with Gasteiger partial charge in [-0.3, -0.25) is 4.79 Å². The van der Waals surface area contributed by atoms with Crippen LogP contribution in [0.3, 0.4) is 0 Å². The van der Waals surface area contributed by atoms with Crippen molar-refractivity contribution in [1.82, 2.24) is 29.4 Å². The SMILES string of the molecule is C=CC(=O)N1C[C@H](C)N(c2nc(=O)n(-c3c(C(C)C)ncnc3C(C)C)c3nc(-c4ccccc4F)c(F)cc23)C[C@@H]1C. The Kier molecular flexibility index (Phi) is 8.09. The maximum Gasteiger partial charge on any atom is 0.355 e. The van der Waals surface area contributed by atoms with Gasteiger partial charge in [0.25, 0.3) is 0 Å². The number of pyridine rings is 1. The number of hydrogen-bond acceptors (Lipinski definition) is 7. The molecule has 1 aliphatic rings. The molecule has 1 aliphatic heterocycles. The fourth-order valence-electron chi connectivity index (χ4n) is 5.70. The van der Waals surface area contributed by atoms with Gasteiger partial charge in [0.15, 0.2) is 5.65 Å². The van der Waals surface area contributed by atoms with Gasteiger partial charge in [-0.1, -0.05) is 46.4 Å². The zero-order valence-electron chi connectivity index (χ0n) is 25.2. The van der Waals surface area contributed by atoms with Gasteiger partial charge >= 0.3 is 5.69 Å². The van der Waals surface area contributed by atoms with Crippen molar-refractivity contribution < 1.29 is 13.6 Å². The van der Waals surface area contributed by atoms with Crippen molar-refractivity contribution in [2.45, 2.75) is 65.5 Å². The third kappa shape index (κ3) is 5.28. The highest BCUT2D eigenvalue weighted by atomic mass is 19.1. The molecule has 1 saturated heterocycles. The van der Waals surface area contributed by atoms with E-state index in [1.54, 1.807) is 11.0 Å². The second-order valence-corrected chi connectivity index (χ2v) is 11.6. The molecule has 1 fully saturated rings. The second-order valence-electron chi connectivity index (χ2n) is 11.6. The van der Waals surface area contributed by atoms with Crippen LogP contribution in [-0.4, -0.2) is 60.5 Å². The Hall–Kier alpha value is -4.54. The number of benzene rings is 1. The lowest BCUT2D eigenvalue weighted by Crippen LogP contribution is -2.58. The van der Waals surface area contributed by atoms with E-state index in [9.17, 15) is 14.0 Å². The van der Waals surface area contributed by atoms with Crippen LogP contribution in [0.15, 0.2) is 54.1 Å². The van der Waals surface area contributed by atoms with Gasteiger partial charge in [-0.2, -0.15) is 4.98 Å². The van der Waals surface area contributed by atoms with Gasteiger partial charge in [0.2, 0.25) is 5.91 Å². The van der Waals surface area contributed by atoms with Crippen LogP contribution in [0, 0.1) is 11.6 Å². The molecule has 0 saturated carbocycles. The lowest BCUT2D eigenvalue weighted by atomic mass is 10.0. The number of carbonyl (C=O) groups is 1. The van der Waals surface area contributed by atoms with Crippen LogP contribution in [0.4, 0.5) is 14.6 Å². The maximum atomic E-state index is 15.9. The highest BCUT2D eigenvalue weighted by Crippen LogP contribution is 2.35. The monoisotopic (exact) mass is 587 g/mol. The van der Waals surface area contributed by atoms with E-state index in [1.807, 2.05) is 46.4 Å². The van der Waals surface area contributed by atoms with E-state index in [2.05, 4.69) is 26.5 Å². The average molecular weight is 588 g/mol. The van der Waals surface area contributed by atoms with Crippen molar-refractivity contribution in [3.8, 4) is 16.9 Å². The molecule has 43 heavy (non-hydrogen) atoms. The molecule has 5 rings (SSSR count). The Bertz CT molecular complexity index is 1760. The minimum atomic E-state index is -0.760. The van der Waals surface area contributed by atoms with Gasteiger partial charge in [-0.15, -0.1) is 0 Å². The number of anilines is 1. The molecule has 1 amide bonds. The molecular weight excluding hydrogens is 552 g/mol. The van der Waals surface area contributed by atoms with E-state index in [-0.39, 0.29) is 57.9 Å². The lowest BCUT2D eigenvalue weighted by molar-refractivity contribution is -0.128. The smallest absolute Gasteiger partial charge is 0.349 e. The summed E-state index contributed by atoms with van der Waals surface area (Å²) >= 11 is 0. The van der Waals surface area contributed by atoms with Crippen molar-refractivity contribution in [3.63, 3.8) is 0 Å². The van der Waals surface area contributed by atoms with Gasteiger partial charge in [0.05, 0.1) is 22.5 Å². The molecule has 0 bridgehead atoms. The first-order valence-corrected chi connectivity index (χ1v) is 14.4. The minimum absolute atomic E-state index is 0.0321. The first kappa shape index (κ1) is 29.9. The predicted octanol–water partition coefficient (Wildman–Crippen LogP) is 5.37. The fraction of sp³-hybridized carbons (Fsp3) is 0.375. The Morgan fingerprint density at radius 3 is 2.23 bits per heavy atom. The van der Waals surface area contributed by atoms with Crippen LogP contribution >= 0.6 is 0 Å². The summed E-state index contributed by atoms with van der Waals surface area (Å²) in [5.41, 5.74) is 0.843. The van der Waals surface area contributed by atoms with Crippen molar-refractivity contribution in [2.75, 3.05) is 18.0 Å². The molecule has 0 unspecified atom stereocenters. The first-order chi connectivity index (χ1) is 20.4. The summed E-state index contributed by atoms with van der Waals surface area (Å²) in [5, 5.41) is 0.271. The lowest BCUT2D eigenvalue weighted by Gasteiger charge is -2.44. The number of amides is 1. The van der Waals surface area contributed by atoms with E-state index in [0.717, 1.165) is 0 Å². The van der Waals surface area contributed by atoms with Crippen molar-refractivity contribution in [1.29, 1.82) is 0 Å². The van der Waals surface area contributed by atoms with E-state index >= 15 is 4.39 Å². The summed E-state index contributed by atoms with van der Waals surface area (Å²) in [5.74, 6) is -1.55. The number of halogens is 2. The van der Waals surface area contributed by atoms with Crippen LogP contribution in [-0.2, 0) is 4.79 Å². The maximum absolute atomic E-state index is 15.9. The standard InChI is InChI=1S/C32H35F2N7O2/c1-8-25(42)39-14-20(7)40(15-19(39)6)30-22-13-24(34)28(21-11-9-10-12-23(21)33)37-31(22)41(32(43)38-30)29-26(17(2)3)35-16-36-27(29)18(4)5/h8-13,16-20H,1,14-15H2,2-7H3/t19-,20-/m0/s1. The molecule has 0 aliphatic carbocycles. The summed E-state index contributed by atoms with van der Waals surface area (Å²) in [6.07, 6.45) is 2.74. The van der Waals surface area contributed by atoms with Crippen LogP contribution in [0.2, 0.25) is 0 Å². The molecule has 4 heterocycles. The quantitative estimate of drug-likeness (QED) is 0.280. The Balaban J connectivity index is 1.86. The van der Waals surface area contributed by atoms with Gasteiger partial charge < -0.3 is 9.80 Å². The number of rotatable bonds is 6. The first-order valence-electron chi connectivity index (χ1n) is 14.4. The van der Waals surface area contributed by atoms with Crippen molar-refractivity contribution in [3.05, 3.63) is 82.8 Å². The fourth-order valence-corrected chi connectivity index (χ4v) is 5.70. The summed E-state index contributed by atoms with van der Waals surface area (Å²) in [4.78, 5) is 48.4. The van der Waals surface area contributed by atoms with Crippen molar-refractivity contribution in [2.24, 2.45) is 0 Å². The predicted molar refractivity (Wildman–Crippen MR) is 162 cm³/mol. The number of fused-ring (bicyclic) bond motifs is 1. The minimum Gasteiger partial charge on any atom is -0.349 e. The molecule has 9 nitrogen and oxygen atoms in total. The number of hydrogen-bond donors (Lipinski definition) is 0. The number of nitrogens with zero attached hydrogens (tertiary/aromatic N) is 7. The molecule has 2 atom stereocenters. The molecule has 11 heteroatoms. The second kappa shape index (κ2) is 11.6. The molecular formula is C32H35F2N7O2. The van der Waals surface area contributed by atoms with Crippen LogP contribution in [0.25, 0.3) is 28.0 Å². The zero-order valence-corrected chi connectivity index (χ0v) is 25.2. The van der Waals surface area contributed by atoms with Gasteiger partial charge in [0, 0.05) is 30.7 Å². The molecule has 0 radical (unpaired) electrons. The average Bonchev–Trinajstić information content (AvgIpc) is 2.97. The Labute approximate surface area is 248 Å². The molecule has 0 spiro atoms. The van der Waals surface area contributed by atoms with Gasteiger partial charge in [-0.05, 0) is 50.0 Å². The van der Waals surface area contributed by atoms with Crippen LogP contribution in [0.1, 0.15) is 64.8 Å². The summed E-state index contributed by atoms with van der Waals surface area (Å²) < 4.78 is 32.2. The van der Waals surface area contributed by atoms with E-state index in [0.29, 0.717) is 30.2 Å². The number of carbonyl (C=O) groups excluding carboxylic acids is 1. The summed E-state index contributed by atoms with van der Waals surface area (Å²) in [7, 11) is 0. The normalized spacial score (nSPS) is 17.3. The molecule has 1 aromatic carbocycles. The third-order valence-corrected chi connectivity index (χ3v) is 7.84. The number of piperazine rings is 1. The number of aromatic nitrogens is 5. The molecule has 0 N–H and O–H groups in total. The van der Waals surface area contributed by atoms with Crippen LogP contribution < -0.4 is 10.6 Å². The van der Waals surface area contributed by atoms with Crippen LogP contribution in [0.5, 0.6) is 0 Å². The summed E-state index contributed by atoms with van der Waals surface area (Å²) in [6.45, 7) is 15.9. The summed E-state index contributed by atoms with van der Waals surface area (Å²) in [6, 6.07) is 6.55. The van der Waals surface area contributed by atoms with Gasteiger partial charge in [0.1, 0.15) is 29.5 Å². The van der Waals surface area contributed by atoms with E-state index in [4.69, 9.17) is 0 Å². The van der Waals surface area contributed by atoms with Crippen molar-refractivity contribution >= 4 is 22.8 Å². The molecule has 224 valence electrons. The Morgan fingerprint density at radius 2 is 1.63 bits per heavy atom. The highest BCUT2D eigenvalue weighted by molar-refractivity contribution is 5.91. The highest BCUT2D eigenvalue weighted by Gasteiger charge is 2.34. The Morgan fingerprint density at radius 1 is 0.977 bits per heavy atom. The largest absolute Gasteiger partial charge is 0.355 e. The molecule has 4 aromatic rings. The van der Waals surface area contributed by atoms with Gasteiger partial charge in [-0.25, -0.2) is 33.1 Å².